The fourth-order valence-electron chi connectivity index (χ4n) is 9.03. The van der Waals surface area contributed by atoms with Gasteiger partial charge in [-0.15, -0.1) is 0 Å². The lowest BCUT2D eigenvalue weighted by Crippen LogP contribution is -2.41. The molecule has 5 aromatic rings. The molecular formula is C41H39Cl2FN6O4. The van der Waals surface area contributed by atoms with Crippen molar-refractivity contribution in [3.8, 4) is 28.8 Å². The Labute approximate surface area is 321 Å². The molecule has 2 saturated carbocycles. The summed E-state index contributed by atoms with van der Waals surface area (Å²) in [7, 11) is 1.56. The third-order valence-electron chi connectivity index (χ3n) is 11.7. The predicted octanol–water partition coefficient (Wildman–Crippen LogP) is 7.88. The van der Waals surface area contributed by atoms with E-state index in [4.69, 9.17) is 37.7 Å². The fourth-order valence-corrected chi connectivity index (χ4v) is 9.42. The number of halogens is 3. The van der Waals surface area contributed by atoms with Crippen molar-refractivity contribution in [2.75, 3.05) is 20.2 Å². The average Bonchev–Trinajstić information content (AvgIpc) is 3.43. The first-order chi connectivity index (χ1) is 26.2. The molecular weight excluding hydrogens is 730 g/mol. The number of likely N-dealkylation sites (tertiary alicyclic amines) is 1. The number of carbonyl (C=O) groups is 1. The molecule has 6 heterocycles. The molecule has 0 spiro atoms. The number of hydrogen-bond acceptors (Lipinski definition) is 8. The van der Waals surface area contributed by atoms with Crippen LogP contribution in [-0.2, 0) is 11.2 Å². The number of nitriles is 1. The number of benzene rings is 2. The van der Waals surface area contributed by atoms with Gasteiger partial charge >= 0.3 is 0 Å². The number of amides is 1. The third-order valence-corrected chi connectivity index (χ3v) is 12.5. The van der Waals surface area contributed by atoms with Gasteiger partial charge in [0.1, 0.15) is 17.4 Å². The van der Waals surface area contributed by atoms with Crippen molar-refractivity contribution in [3.05, 3.63) is 81.5 Å². The SMILES string of the molecule is COc1cc(OC2CC(c3cc4c(C(C)O)nc5c(F)c(-c6cccc(Cl)c6Cl)c(CCC#N)cc5c4n3C3C4CNC3C4)N(C(=O)C3CC3)C2)ccn1. The first kappa shape index (κ1) is 35.2. The maximum atomic E-state index is 17.4. The molecule has 10 nitrogen and oxygen atoms in total. The molecule has 3 saturated heterocycles. The lowest BCUT2D eigenvalue weighted by Gasteiger charge is -2.39. The monoisotopic (exact) mass is 768 g/mol. The molecule has 2 aromatic carbocycles. The molecule has 5 aliphatic rings. The number of nitrogens with zero attached hydrogens (tertiary/aromatic N) is 5. The summed E-state index contributed by atoms with van der Waals surface area (Å²) in [4.78, 5) is 25.1. The summed E-state index contributed by atoms with van der Waals surface area (Å²) in [5.41, 5.74) is 3.37. The number of aliphatic hydroxyl groups excluding tert-OH is 1. The van der Waals surface area contributed by atoms with Gasteiger partial charge in [-0.1, -0.05) is 35.3 Å². The number of aryl methyl sites for hydroxylation is 1. The highest BCUT2D eigenvalue weighted by Gasteiger charge is 2.51. The molecule has 2 N–H and O–H groups in total. The number of hydrogen-bond donors (Lipinski definition) is 2. The summed E-state index contributed by atoms with van der Waals surface area (Å²) in [5, 5.41) is 26.4. The summed E-state index contributed by atoms with van der Waals surface area (Å²) in [6.07, 6.45) is 4.00. The Morgan fingerprint density at radius 2 is 2.02 bits per heavy atom. The Balaban J connectivity index is 1.28. The number of rotatable bonds is 10. The summed E-state index contributed by atoms with van der Waals surface area (Å²) in [6.45, 7) is 2.89. The second-order valence-corrected chi connectivity index (χ2v) is 15.8. The number of carbonyl (C=O) groups excluding carboxylic acids is 1. The molecule has 1 amide bonds. The largest absolute Gasteiger partial charge is 0.488 e. The van der Waals surface area contributed by atoms with Gasteiger partial charge in [-0.25, -0.2) is 14.4 Å². The fraction of sp³-hybridized carbons (Fsp3) is 0.415. The number of aliphatic hydroxyl groups is 1. The van der Waals surface area contributed by atoms with E-state index in [2.05, 4.69) is 27.0 Å². The van der Waals surface area contributed by atoms with Crippen molar-refractivity contribution in [2.24, 2.45) is 11.8 Å². The van der Waals surface area contributed by atoms with Crippen LogP contribution in [0.1, 0.15) is 74.2 Å². The molecule has 3 aliphatic heterocycles. The molecule has 5 fully saturated rings. The smallest absolute Gasteiger partial charge is 0.226 e. The first-order valence-corrected chi connectivity index (χ1v) is 19.3. The molecule has 6 unspecified atom stereocenters. The molecule has 13 heteroatoms. The number of methoxy groups -OCH3 is 1. The quantitative estimate of drug-likeness (QED) is 0.147. The minimum atomic E-state index is -1.03. The minimum Gasteiger partial charge on any atom is -0.488 e. The van der Waals surface area contributed by atoms with Crippen LogP contribution in [0.15, 0.2) is 48.7 Å². The third kappa shape index (κ3) is 5.77. The van der Waals surface area contributed by atoms with Gasteiger partial charge in [-0.05, 0) is 68.4 Å². The van der Waals surface area contributed by atoms with Gasteiger partial charge in [-0.2, -0.15) is 5.26 Å². The van der Waals surface area contributed by atoms with Gasteiger partial charge in [0.05, 0.1) is 59.2 Å². The summed E-state index contributed by atoms with van der Waals surface area (Å²) >= 11 is 13.1. The van der Waals surface area contributed by atoms with E-state index in [0.29, 0.717) is 58.1 Å². The zero-order chi connectivity index (χ0) is 37.4. The van der Waals surface area contributed by atoms with Crippen LogP contribution >= 0.6 is 23.2 Å². The Bertz CT molecular complexity index is 2360. The molecule has 54 heavy (non-hydrogen) atoms. The van der Waals surface area contributed by atoms with Gasteiger partial charge in [0.2, 0.25) is 11.8 Å². The Morgan fingerprint density at radius 3 is 2.72 bits per heavy atom. The van der Waals surface area contributed by atoms with Crippen molar-refractivity contribution in [1.82, 2.24) is 24.8 Å². The van der Waals surface area contributed by atoms with E-state index >= 15 is 4.39 Å². The summed E-state index contributed by atoms with van der Waals surface area (Å²) in [5.74, 6) is 0.876. The lowest BCUT2D eigenvalue weighted by molar-refractivity contribution is -0.133. The number of ether oxygens (including phenoxy) is 2. The Morgan fingerprint density at radius 1 is 1.19 bits per heavy atom. The van der Waals surface area contributed by atoms with Crippen LogP contribution in [-0.4, -0.2) is 62.8 Å². The van der Waals surface area contributed by atoms with Gasteiger partial charge in [0.15, 0.2) is 5.82 Å². The summed E-state index contributed by atoms with van der Waals surface area (Å²) < 4.78 is 31.5. The van der Waals surface area contributed by atoms with Crippen LogP contribution in [0, 0.1) is 29.0 Å². The van der Waals surface area contributed by atoms with Crippen LogP contribution in [0.3, 0.4) is 0 Å². The van der Waals surface area contributed by atoms with E-state index in [1.54, 1.807) is 50.6 Å². The van der Waals surface area contributed by atoms with Crippen LogP contribution < -0.4 is 14.8 Å². The van der Waals surface area contributed by atoms with Crippen LogP contribution in [0.2, 0.25) is 10.0 Å². The van der Waals surface area contributed by atoms with E-state index in [1.807, 2.05) is 11.0 Å². The molecule has 10 rings (SSSR count). The van der Waals surface area contributed by atoms with E-state index < -0.39 is 11.9 Å². The topological polar surface area (TPSA) is 126 Å². The second kappa shape index (κ2) is 13.7. The zero-order valence-corrected chi connectivity index (χ0v) is 31.4. The average molecular weight is 770 g/mol. The Kier molecular flexibility index (Phi) is 8.93. The van der Waals surface area contributed by atoms with Gasteiger partial charge in [0.25, 0.3) is 0 Å². The van der Waals surface area contributed by atoms with Gasteiger partial charge in [-0.3, -0.25) is 4.79 Å². The Hall–Kier alpha value is -4.47. The van der Waals surface area contributed by atoms with Crippen molar-refractivity contribution in [1.29, 1.82) is 5.26 Å². The molecule has 0 radical (unpaired) electrons. The molecule has 6 atom stereocenters. The highest BCUT2D eigenvalue weighted by atomic mass is 35.5. The number of pyridine rings is 2. The first-order valence-electron chi connectivity index (χ1n) is 18.6. The lowest BCUT2D eigenvalue weighted by atomic mass is 9.79. The van der Waals surface area contributed by atoms with Crippen molar-refractivity contribution in [2.45, 2.75) is 75.8 Å². The zero-order valence-electron chi connectivity index (χ0n) is 29.9. The maximum absolute atomic E-state index is 17.4. The molecule has 3 aromatic heterocycles. The standard InChI is InChI=1S/C41H39Cl2FN6O4/c1-20(51)37-28-17-32(31-15-25(19-49(31)41(52)21-8-9-21)54-24-10-12-46-33(16-24)53-2)50(39-23-14-30(39)47-18-23)40(28)27-13-22(5-4-11-45)34(36(44)38(27)48-37)26-6-3-7-29(42)35(26)43/h3,6-7,10,12-13,16-17,20-21,23,25,30-31,39,47,51H,4-5,8-9,14-15,18-19H2,1-2H3. The number of fused-ring (bicyclic) bond motifs is 4. The van der Waals surface area contributed by atoms with Crippen LogP contribution in [0.25, 0.3) is 32.9 Å². The predicted molar refractivity (Wildman–Crippen MR) is 203 cm³/mol. The van der Waals surface area contributed by atoms with Crippen LogP contribution in [0.5, 0.6) is 11.6 Å². The summed E-state index contributed by atoms with van der Waals surface area (Å²) in [6, 6.07) is 14.7. The van der Waals surface area contributed by atoms with Crippen molar-refractivity contribution in [3.63, 3.8) is 0 Å². The van der Waals surface area contributed by atoms with E-state index in [0.717, 1.165) is 37.0 Å². The molecule has 278 valence electrons. The number of aromatic nitrogens is 3. The normalized spacial score (nSPS) is 23.8. The van der Waals surface area contributed by atoms with E-state index in [1.165, 1.54) is 0 Å². The van der Waals surface area contributed by atoms with Crippen molar-refractivity contribution >= 4 is 50.9 Å². The van der Waals surface area contributed by atoms with E-state index in [9.17, 15) is 15.2 Å². The highest BCUT2D eigenvalue weighted by Crippen LogP contribution is 2.52. The highest BCUT2D eigenvalue weighted by molar-refractivity contribution is 6.43. The van der Waals surface area contributed by atoms with Crippen molar-refractivity contribution < 1.29 is 23.8 Å². The van der Waals surface area contributed by atoms with Gasteiger partial charge < -0.3 is 29.4 Å². The number of nitrogens with one attached hydrogen (secondary N) is 1. The molecule has 2 bridgehead atoms. The minimum absolute atomic E-state index is 0.0179. The maximum Gasteiger partial charge on any atom is 0.226 e. The van der Waals surface area contributed by atoms with Crippen LogP contribution in [0.4, 0.5) is 4.39 Å². The van der Waals surface area contributed by atoms with Gasteiger partial charge in [0, 0.05) is 71.2 Å². The molecule has 2 aliphatic carbocycles. The second-order valence-electron chi connectivity index (χ2n) is 15.0. The van der Waals surface area contributed by atoms with E-state index in [-0.39, 0.29) is 70.0 Å².